The number of likely N-dealkylation sites (tertiary alicyclic amines) is 1. The average molecular weight is 384 g/mol. The predicted molar refractivity (Wildman–Crippen MR) is 117 cm³/mol. The summed E-state index contributed by atoms with van der Waals surface area (Å²) in [5.74, 6) is 0.160. The number of ether oxygens (including phenoxy) is 2. The number of nitrogens with zero attached hydrogens (tertiary/aromatic N) is 1. The Bertz CT molecular complexity index is 322. The summed E-state index contributed by atoms with van der Waals surface area (Å²) in [6.07, 6.45) is 17.1. The van der Waals surface area contributed by atoms with Crippen molar-refractivity contribution in [1.82, 2.24) is 4.90 Å². The third-order valence-corrected chi connectivity index (χ3v) is 6.27. The summed E-state index contributed by atoms with van der Waals surface area (Å²) in [6.45, 7) is 14.1. The van der Waals surface area contributed by atoms with Gasteiger partial charge in [0, 0.05) is 19.1 Å². The number of unbranched alkanes of at least 4 members (excludes halogenated alkanes) is 5. The van der Waals surface area contributed by atoms with Gasteiger partial charge in [0.25, 0.3) is 0 Å². The second-order valence-corrected chi connectivity index (χ2v) is 8.33. The van der Waals surface area contributed by atoms with E-state index in [0.717, 1.165) is 19.6 Å². The summed E-state index contributed by atoms with van der Waals surface area (Å²) < 4.78 is 12.6. The van der Waals surface area contributed by atoms with Crippen LogP contribution in [0.5, 0.6) is 0 Å². The second-order valence-electron chi connectivity index (χ2n) is 8.33. The minimum Gasteiger partial charge on any atom is -0.350 e. The molecule has 0 bridgehead atoms. The highest BCUT2D eigenvalue weighted by Gasteiger charge is 2.38. The van der Waals surface area contributed by atoms with Crippen LogP contribution in [0.25, 0.3) is 0 Å². The molecule has 0 spiro atoms. The van der Waals surface area contributed by atoms with Gasteiger partial charge < -0.3 is 14.4 Å². The molecule has 1 atom stereocenters. The van der Waals surface area contributed by atoms with E-state index in [2.05, 4.69) is 32.6 Å². The van der Waals surface area contributed by atoms with Crippen LogP contribution < -0.4 is 0 Å². The summed E-state index contributed by atoms with van der Waals surface area (Å²) in [5.41, 5.74) is 0. The van der Waals surface area contributed by atoms with Crippen molar-refractivity contribution in [2.24, 2.45) is 5.92 Å². The molecule has 1 saturated heterocycles. The lowest BCUT2D eigenvalue weighted by Gasteiger charge is -2.40. The van der Waals surface area contributed by atoms with Gasteiger partial charge in [0.15, 0.2) is 5.79 Å². The Kier molecular flexibility index (Phi) is 14.5. The highest BCUT2D eigenvalue weighted by Crippen LogP contribution is 2.35. The van der Waals surface area contributed by atoms with Gasteiger partial charge in [-0.05, 0) is 72.0 Å². The van der Waals surface area contributed by atoms with E-state index < -0.39 is 0 Å². The zero-order valence-corrected chi connectivity index (χ0v) is 19.1. The maximum absolute atomic E-state index is 6.28. The maximum Gasteiger partial charge on any atom is 0.170 e. The lowest BCUT2D eigenvalue weighted by molar-refractivity contribution is -0.268. The third kappa shape index (κ3) is 9.76. The molecule has 0 aliphatic carbocycles. The molecule has 0 radical (unpaired) electrons. The van der Waals surface area contributed by atoms with Crippen LogP contribution in [-0.4, -0.2) is 43.5 Å². The number of hydrogen-bond acceptors (Lipinski definition) is 3. The van der Waals surface area contributed by atoms with E-state index in [-0.39, 0.29) is 5.79 Å². The lowest BCUT2D eigenvalue weighted by atomic mass is 9.86. The van der Waals surface area contributed by atoms with Crippen LogP contribution in [0.4, 0.5) is 0 Å². The Morgan fingerprint density at radius 1 is 0.741 bits per heavy atom. The SMILES string of the molecule is CCCCCCCCC(CCCN1CCCCC1)C(CC)(OCC)OCC. The number of rotatable bonds is 17. The van der Waals surface area contributed by atoms with Gasteiger partial charge in [0.1, 0.15) is 0 Å². The zero-order valence-electron chi connectivity index (χ0n) is 19.1. The fraction of sp³-hybridized carbons (Fsp3) is 1.00. The molecule has 162 valence electrons. The minimum absolute atomic E-state index is 0.366. The van der Waals surface area contributed by atoms with E-state index in [0.29, 0.717) is 5.92 Å². The summed E-state index contributed by atoms with van der Waals surface area (Å²) >= 11 is 0. The monoisotopic (exact) mass is 383 g/mol. The van der Waals surface area contributed by atoms with Crippen LogP contribution in [0.1, 0.15) is 111 Å². The molecule has 0 N–H and O–H groups in total. The minimum atomic E-state index is -0.366. The molecule has 0 aromatic rings. The molecule has 1 fully saturated rings. The van der Waals surface area contributed by atoms with Gasteiger partial charge >= 0.3 is 0 Å². The first-order chi connectivity index (χ1) is 13.2. The molecule has 0 aromatic heterocycles. The van der Waals surface area contributed by atoms with Crippen LogP contribution >= 0.6 is 0 Å². The van der Waals surface area contributed by atoms with Crippen molar-refractivity contribution in [3.8, 4) is 0 Å². The van der Waals surface area contributed by atoms with Gasteiger partial charge in [0.05, 0.1) is 0 Å². The molecule has 0 amide bonds. The predicted octanol–water partition coefficient (Wildman–Crippen LogP) is 6.80. The highest BCUT2D eigenvalue weighted by molar-refractivity contribution is 4.80. The van der Waals surface area contributed by atoms with Gasteiger partial charge in [-0.1, -0.05) is 58.8 Å². The molecule has 1 aliphatic rings. The standard InChI is InChI=1S/C24H49NO2/c1-5-9-10-11-12-14-18-23(24(6-2,26-7-3)27-8-4)19-17-22-25-20-15-13-16-21-25/h23H,5-22H2,1-4H3. The Morgan fingerprint density at radius 3 is 1.93 bits per heavy atom. The van der Waals surface area contributed by atoms with Crippen molar-refractivity contribution >= 4 is 0 Å². The van der Waals surface area contributed by atoms with Crippen LogP contribution in [0, 0.1) is 5.92 Å². The van der Waals surface area contributed by atoms with Crippen LogP contribution in [0.2, 0.25) is 0 Å². The molecule has 3 heteroatoms. The van der Waals surface area contributed by atoms with Gasteiger partial charge in [-0.25, -0.2) is 0 Å². The Balaban J connectivity index is 2.56. The topological polar surface area (TPSA) is 21.7 Å². The Labute approximate surface area is 170 Å². The summed E-state index contributed by atoms with van der Waals surface area (Å²) in [7, 11) is 0. The van der Waals surface area contributed by atoms with Gasteiger partial charge in [-0.3, -0.25) is 0 Å². The van der Waals surface area contributed by atoms with E-state index in [1.165, 1.54) is 96.7 Å². The van der Waals surface area contributed by atoms with E-state index in [1.54, 1.807) is 0 Å². The molecule has 0 aromatic carbocycles. The summed E-state index contributed by atoms with van der Waals surface area (Å²) in [6, 6.07) is 0. The first-order valence-electron chi connectivity index (χ1n) is 12.2. The quantitative estimate of drug-likeness (QED) is 0.204. The number of hydrogen-bond donors (Lipinski definition) is 0. The number of piperidine rings is 1. The summed E-state index contributed by atoms with van der Waals surface area (Å²) in [4.78, 5) is 2.67. The van der Waals surface area contributed by atoms with E-state index in [1.807, 2.05) is 0 Å². The third-order valence-electron chi connectivity index (χ3n) is 6.27. The van der Waals surface area contributed by atoms with Crippen LogP contribution in [0.15, 0.2) is 0 Å². The smallest absolute Gasteiger partial charge is 0.170 e. The fourth-order valence-electron chi connectivity index (χ4n) is 4.76. The second kappa shape index (κ2) is 15.8. The molecule has 0 saturated carbocycles. The molecule has 1 heterocycles. The van der Waals surface area contributed by atoms with Gasteiger partial charge in [-0.15, -0.1) is 0 Å². The maximum atomic E-state index is 6.28. The highest BCUT2D eigenvalue weighted by atomic mass is 16.7. The zero-order chi connectivity index (χ0) is 19.8. The van der Waals surface area contributed by atoms with Crippen molar-refractivity contribution in [2.75, 3.05) is 32.8 Å². The van der Waals surface area contributed by atoms with Gasteiger partial charge in [-0.2, -0.15) is 0 Å². The molecule has 1 aliphatic heterocycles. The first-order valence-corrected chi connectivity index (χ1v) is 12.2. The average Bonchev–Trinajstić information content (AvgIpc) is 2.69. The van der Waals surface area contributed by atoms with E-state index >= 15 is 0 Å². The molecule has 1 rings (SSSR count). The normalized spacial score (nSPS) is 17.3. The van der Waals surface area contributed by atoms with Crippen molar-refractivity contribution < 1.29 is 9.47 Å². The molecular formula is C24H49NO2. The molecule has 3 nitrogen and oxygen atoms in total. The lowest BCUT2D eigenvalue weighted by Crippen LogP contribution is -2.44. The molecule has 1 unspecified atom stereocenters. The molecular weight excluding hydrogens is 334 g/mol. The van der Waals surface area contributed by atoms with Crippen molar-refractivity contribution in [1.29, 1.82) is 0 Å². The summed E-state index contributed by atoms with van der Waals surface area (Å²) in [5, 5.41) is 0. The van der Waals surface area contributed by atoms with Crippen molar-refractivity contribution in [3.05, 3.63) is 0 Å². The van der Waals surface area contributed by atoms with Crippen LogP contribution in [-0.2, 0) is 9.47 Å². The van der Waals surface area contributed by atoms with Crippen molar-refractivity contribution in [3.63, 3.8) is 0 Å². The molecule has 27 heavy (non-hydrogen) atoms. The Hall–Kier alpha value is -0.120. The fourth-order valence-corrected chi connectivity index (χ4v) is 4.76. The van der Waals surface area contributed by atoms with Gasteiger partial charge in [0.2, 0.25) is 0 Å². The Morgan fingerprint density at radius 2 is 1.33 bits per heavy atom. The van der Waals surface area contributed by atoms with E-state index in [4.69, 9.17) is 9.47 Å². The van der Waals surface area contributed by atoms with E-state index in [9.17, 15) is 0 Å². The first kappa shape index (κ1) is 24.9. The largest absolute Gasteiger partial charge is 0.350 e. The van der Waals surface area contributed by atoms with Crippen LogP contribution in [0.3, 0.4) is 0 Å². The van der Waals surface area contributed by atoms with Crippen molar-refractivity contribution in [2.45, 2.75) is 117 Å².